The van der Waals surface area contributed by atoms with Crippen LogP contribution in [0.3, 0.4) is 0 Å². The molecule has 1 saturated heterocycles. The summed E-state index contributed by atoms with van der Waals surface area (Å²) < 4.78 is 5.08. The van der Waals surface area contributed by atoms with Crippen molar-refractivity contribution < 1.29 is 9.53 Å². The van der Waals surface area contributed by atoms with Gasteiger partial charge in [-0.25, -0.2) is 4.79 Å². The Morgan fingerprint density at radius 1 is 1.67 bits per heavy atom. The van der Waals surface area contributed by atoms with E-state index in [-0.39, 0.29) is 18.2 Å². The van der Waals surface area contributed by atoms with Gasteiger partial charge in [0, 0.05) is 6.04 Å². The molecule has 1 rings (SSSR count). The minimum Gasteiger partial charge on any atom is -0.440 e. The van der Waals surface area contributed by atoms with Crippen LogP contribution in [0.2, 0.25) is 0 Å². The van der Waals surface area contributed by atoms with Crippen molar-refractivity contribution in [3.8, 4) is 0 Å². The lowest BCUT2D eigenvalue weighted by atomic mass is 10.3. The Labute approximate surface area is 73.0 Å². The predicted molar refractivity (Wildman–Crippen MR) is 46.9 cm³/mol. The highest BCUT2D eigenvalue weighted by Gasteiger charge is 2.30. The molecule has 3 nitrogen and oxygen atoms in total. The average Bonchev–Trinajstić information content (AvgIpc) is 2.32. The quantitative estimate of drug-likeness (QED) is 0.590. The van der Waals surface area contributed by atoms with Crippen molar-refractivity contribution in [2.24, 2.45) is 0 Å². The number of carbonyl (C=O) groups excluding carboxylic acids is 1. The van der Waals surface area contributed by atoms with E-state index in [1.54, 1.807) is 4.90 Å². The van der Waals surface area contributed by atoms with Gasteiger partial charge in [-0.3, -0.25) is 0 Å². The molecule has 0 radical (unpaired) electrons. The first-order valence-electron chi connectivity index (χ1n) is 4.25. The lowest BCUT2D eigenvalue weighted by Crippen LogP contribution is -2.31. The molecular weight excluding hydrogens is 154 g/mol. The smallest absolute Gasteiger partial charge is 0.410 e. The molecule has 1 aliphatic rings. The van der Waals surface area contributed by atoms with Crippen molar-refractivity contribution in [3.05, 3.63) is 12.2 Å². The minimum atomic E-state index is -0.201. The summed E-state index contributed by atoms with van der Waals surface area (Å²) in [5, 5.41) is 0. The fraction of sp³-hybridized carbons (Fsp3) is 0.667. The van der Waals surface area contributed by atoms with Gasteiger partial charge in [0.25, 0.3) is 0 Å². The third-order valence-corrected chi connectivity index (χ3v) is 1.89. The Hall–Kier alpha value is -0.990. The van der Waals surface area contributed by atoms with Crippen molar-refractivity contribution in [1.29, 1.82) is 0 Å². The number of rotatable bonds is 2. The van der Waals surface area contributed by atoms with Crippen LogP contribution < -0.4 is 0 Å². The number of carbonyl (C=O) groups is 1. The number of amides is 1. The maximum atomic E-state index is 11.2. The molecule has 68 valence electrons. The molecule has 0 N–H and O–H groups in total. The molecule has 0 aliphatic carbocycles. The summed E-state index contributed by atoms with van der Waals surface area (Å²) in [5.41, 5.74) is 0. The van der Waals surface area contributed by atoms with Crippen LogP contribution in [0.25, 0.3) is 0 Å². The van der Waals surface area contributed by atoms with Crippen LogP contribution in [0, 0.1) is 0 Å². The average molecular weight is 169 g/mol. The lowest BCUT2D eigenvalue weighted by Gasteiger charge is -2.16. The van der Waals surface area contributed by atoms with Gasteiger partial charge in [-0.1, -0.05) is 6.08 Å². The van der Waals surface area contributed by atoms with Gasteiger partial charge in [0.15, 0.2) is 0 Å². The number of allylic oxidation sites excluding steroid dienone is 1. The Bertz CT molecular complexity index is 199. The SMILES string of the molecule is C/C=C\[C@H]1CN(C(C)C)C(=O)O1. The van der Waals surface area contributed by atoms with Crippen LogP contribution in [0.15, 0.2) is 12.2 Å². The Kier molecular flexibility index (Phi) is 2.74. The van der Waals surface area contributed by atoms with Crippen LogP contribution in [0.4, 0.5) is 4.79 Å². The molecule has 1 atom stereocenters. The lowest BCUT2D eigenvalue weighted by molar-refractivity contribution is 0.141. The van der Waals surface area contributed by atoms with Gasteiger partial charge in [-0.05, 0) is 26.8 Å². The molecule has 12 heavy (non-hydrogen) atoms. The first-order chi connectivity index (χ1) is 5.65. The second kappa shape index (κ2) is 3.61. The molecule has 1 aliphatic heterocycles. The molecule has 0 spiro atoms. The summed E-state index contributed by atoms with van der Waals surface area (Å²) in [6.07, 6.45) is 3.56. The highest BCUT2D eigenvalue weighted by Crippen LogP contribution is 2.14. The first-order valence-corrected chi connectivity index (χ1v) is 4.25. The fourth-order valence-corrected chi connectivity index (χ4v) is 1.24. The van der Waals surface area contributed by atoms with E-state index < -0.39 is 0 Å². The normalized spacial score (nSPS) is 24.2. The predicted octanol–water partition coefficient (Wildman–Crippen LogP) is 1.79. The number of hydrogen-bond acceptors (Lipinski definition) is 2. The third kappa shape index (κ3) is 1.78. The van der Waals surface area contributed by atoms with Crippen LogP contribution >= 0.6 is 0 Å². The highest BCUT2D eigenvalue weighted by atomic mass is 16.6. The van der Waals surface area contributed by atoms with Gasteiger partial charge < -0.3 is 9.64 Å². The standard InChI is InChI=1S/C9H15NO2/c1-4-5-8-6-10(7(2)3)9(11)12-8/h4-5,7-8H,6H2,1-3H3/b5-4-/t8-/m0/s1. The number of hydrogen-bond donors (Lipinski definition) is 0. The zero-order chi connectivity index (χ0) is 9.14. The summed E-state index contributed by atoms with van der Waals surface area (Å²) in [7, 11) is 0. The van der Waals surface area contributed by atoms with Crippen LogP contribution in [-0.2, 0) is 4.74 Å². The van der Waals surface area contributed by atoms with Gasteiger partial charge in [0.2, 0.25) is 0 Å². The second-order valence-corrected chi connectivity index (χ2v) is 3.19. The summed E-state index contributed by atoms with van der Waals surface area (Å²) in [4.78, 5) is 12.9. The second-order valence-electron chi connectivity index (χ2n) is 3.19. The summed E-state index contributed by atoms with van der Waals surface area (Å²) >= 11 is 0. The van der Waals surface area contributed by atoms with Crippen molar-refractivity contribution in [2.75, 3.05) is 6.54 Å². The summed E-state index contributed by atoms with van der Waals surface area (Å²) in [6, 6.07) is 0.229. The number of cyclic esters (lactones) is 1. The zero-order valence-corrected chi connectivity index (χ0v) is 7.78. The Balaban J connectivity index is 2.56. The van der Waals surface area contributed by atoms with Crippen LogP contribution in [0.5, 0.6) is 0 Å². The molecule has 0 saturated carbocycles. The fourth-order valence-electron chi connectivity index (χ4n) is 1.24. The minimum absolute atomic E-state index is 0.0510. The van der Waals surface area contributed by atoms with Crippen molar-refractivity contribution in [2.45, 2.75) is 32.9 Å². The van der Waals surface area contributed by atoms with E-state index in [0.29, 0.717) is 6.54 Å². The topological polar surface area (TPSA) is 29.5 Å². The molecular formula is C9H15NO2. The van der Waals surface area contributed by atoms with E-state index in [9.17, 15) is 4.79 Å². The van der Waals surface area contributed by atoms with Gasteiger partial charge in [-0.15, -0.1) is 0 Å². The van der Waals surface area contributed by atoms with E-state index in [2.05, 4.69) is 0 Å². The van der Waals surface area contributed by atoms with Crippen molar-refractivity contribution in [3.63, 3.8) is 0 Å². The monoisotopic (exact) mass is 169 g/mol. The summed E-state index contributed by atoms with van der Waals surface area (Å²) in [5.74, 6) is 0. The molecule has 0 aromatic carbocycles. The molecule has 0 unspecified atom stereocenters. The maximum Gasteiger partial charge on any atom is 0.410 e. The van der Waals surface area contributed by atoms with E-state index in [1.165, 1.54) is 0 Å². The number of ether oxygens (including phenoxy) is 1. The molecule has 1 heterocycles. The maximum absolute atomic E-state index is 11.2. The van der Waals surface area contributed by atoms with E-state index >= 15 is 0 Å². The molecule has 0 bridgehead atoms. The van der Waals surface area contributed by atoms with Crippen molar-refractivity contribution >= 4 is 6.09 Å². The van der Waals surface area contributed by atoms with E-state index in [0.717, 1.165) is 0 Å². The largest absolute Gasteiger partial charge is 0.440 e. The summed E-state index contributed by atoms with van der Waals surface area (Å²) in [6.45, 7) is 6.57. The van der Waals surface area contributed by atoms with E-state index in [4.69, 9.17) is 4.74 Å². The Morgan fingerprint density at radius 3 is 2.75 bits per heavy atom. The van der Waals surface area contributed by atoms with Gasteiger partial charge >= 0.3 is 6.09 Å². The molecule has 1 fully saturated rings. The van der Waals surface area contributed by atoms with Gasteiger partial charge in [0.1, 0.15) is 6.10 Å². The molecule has 3 heteroatoms. The molecule has 0 aromatic rings. The third-order valence-electron chi connectivity index (χ3n) is 1.89. The molecule has 0 aromatic heterocycles. The van der Waals surface area contributed by atoms with Gasteiger partial charge in [-0.2, -0.15) is 0 Å². The van der Waals surface area contributed by atoms with E-state index in [1.807, 2.05) is 32.9 Å². The molecule has 1 amide bonds. The zero-order valence-electron chi connectivity index (χ0n) is 7.78. The van der Waals surface area contributed by atoms with Crippen LogP contribution in [0.1, 0.15) is 20.8 Å². The first kappa shape index (κ1) is 9.10. The van der Waals surface area contributed by atoms with Crippen molar-refractivity contribution in [1.82, 2.24) is 4.90 Å². The highest BCUT2D eigenvalue weighted by molar-refractivity contribution is 5.70. The van der Waals surface area contributed by atoms with Crippen LogP contribution in [-0.4, -0.2) is 29.7 Å². The van der Waals surface area contributed by atoms with Gasteiger partial charge in [0.05, 0.1) is 6.54 Å². The number of nitrogens with zero attached hydrogens (tertiary/aromatic N) is 1. The Morgan fingerprint density at radius 2 is 2.33 bits per heavy atom.